The van der Waals surface area contributed by atoms with E-state index in [9.17, 15) is 9.90 Å². The van der Waals surface area contributed by atoms with E-state index >= 15 is 0 Å². The smallest absolute Gasteiger partial charge is 0.250 e. The number of carbonyl (C=O) groups is 1. The topological polar surface area (TPSA) is 102 Å². The molecule has 0 fully saturated rings. The van der Waals surface area contributed by atoms with Gasteiger partial charge in [-0.15, -0.1) is 10.2 Å². The van der Waals surface area contributed by atoms with Crippen molar-refractivity contribution >= 4 is 23.4 Å². The minimum absolute atomic E-state index is 0.0406. The average Bonchev–Trinajstić information content (AvgIpc) is 3.36. The van der Waals surface area contributed by atoms with E-state index < -0.39 is 0 Å². The van der Waals surface area contributed by atoms with Gasteiger partial charge in [0.25, 0.3) is 5.91 Å². The number of phenolic OH excluding ortho intramolecular Hbond substituents is 1. The maximum Gasteiger partial charge on any atom is 0.250 e. The maximum atomic E-state index is 12.7. The van der Waals surface area contributed by atoms with Crippen LogP contribution < -0.4 is 10.2 Å². The van der Waals surface area contributed by atoms with Crippen LogP contribution in [0.25, 0.3) is 17.1 Å². The molecule has 9 heteroatoms. The quantitative estimate of drug-likeness (QED) is 0.153. The van der Waals surface area contributed by atoms with Gasteiger partial charge in [0.2, 0.25) is 0 Å². The van der Waals surface area contributed by atoms with E-state index in [1.54, 1.807) is 31.4 Å². The lowest BCUT2D eigenvalue weighted by molar-refractivity contribution is -0.118. The molecule has 0 saturated heterocycles. The summed E-state index contributed by atoms with van der Waals surface area (Å²) in [6.07, 6.45) is 0.626. The first-order chi connectivity index (χ1) is 18.7. The Kier molecular flexibility index (Phi) is 8.71. The molecule has 39 heavy (non-hydrogen) atoms. The van der Waals surface area contributed by atoms with Crippen molar-refractivity contribution in [2.45, 2.75) is 44.7 Å². The number of aromatic hydroxyl groups is 1. The molecule has 0 aliphatic carbocycles. The maximum absolute atomic E-state index is 12.7. The first-order valence-corrected chi connectivity index (χ1v) is 13.7. The molecule has 4 aromatic rings. The number of carbonyl (C=O) groups excluding carboxylic acids is 1. The zero-order valence-electron chi connectivity index (χ0n) is 22.8. The molecule has 0 atom stereocenters. The number of phenols is 1. The third kappa shape index (κ3) is 6.86. The van der Waals surface area contributed by atoms with Crippen molar-refractivity contribution < 1.29 is 14.6 Å². The second-order valence-corrected chi connectivity index (χ2v) is 10.9. The Hall–Kier alpha value is -4.11. The van der Waals surface area contributed by atoms with E-state index in [0.29, 0.717) is 17.4 Å². The predicted octanol–water partition coefficient (Wildman–Crippen LogP) is 5.97. The minimum atomic E-state index is -0.259. The Morgan fingerprint density at radius 1 is 1.00 bits per heavy atom. The van der Waals surface area contributed by atoms with E-state index in [1.165, 1.54) is 17.3 Å². The van der Waals surface area contributed by atoms with E-state index in [2.05, 4.69) is 65.8 Å². The van der Waals surface area contributed by atoms with Crippen LogP contribution in [-0.2, 0) is 10.2 Å². The number of benzene rings is 3. The van der Waals surface area contributed by atoms with Crippen molar-refractivity contribution in [2.24, 2.45) is 5.10 Å². The number of thioether (sulfide) groups is 1. The van der Waals surface area contributed by atoms with Crippen molar-refractivity contribution in [3.63, 3.8) is 0 Å². The van der Waals surface area contributed by atoms with Crippen LogP contribution in [0.4, 0.5) is 0 Å². The molecule has 2 N–H and O–H groups in total. The molecular formula is C30H33N5O3S. The number of amides is 1. The van der Waals surface area contributed by atoms with Gasteiger partial charge >= 0.3 is 0 Å². The van der Waals surface area contributed by atoms with Gasteiger partial charge in [-0.1, -0.05) is 63.7 Å². The van der Waals surface area contributed by atoms with Gasteiger partial charge in [-0.25, -0.2) is 5.43 Å². The van der Waals surface area contributed by atoms with Crippen molar-refractivity contribution in [3.8, 4) is 28.6 Å². The van der Waals surface area contributed by atoms with Gasteiger partial charge in [0.15, 0.2) is 11.0 Å². The summed E-state index contributed by atoms with van der Waals surface area (Å²) in [4.78, 5) is 12.7. The summed E-state index contributed by atoms with van der Waals surface area (Å²) in [6, 6.07) is 22.7. The van der Waals surface area contributed by atoms with Crippen molar-refractivity contribution in [1.82, 2.24) is 20.2 Å². The molecule has 1 aromatic heterocycles. The summed E-state index contributed by atoms with van der Waals surface area (Å²) in [5.41, 5.74) is 7.25. The van der Waals surface area contributed by atoms with Gasteiger partial charge in [-0.05, 0) is 71.5 Å². The van der Waals surface area contributed by atoms with Crippen molar-refractivity contribution in [1.29, 1.82) is 0 Å². The number of aromatic nitrogens is 3. The molecule has 4 rings (SSSR count). The lowest BCUT2D eigenvalue weighted by Crippen LogP contribution is -2.22. The highest BCUT2D eigenvalue weighted by atomic mass is 32.2. The molecule has 0 unspecified atom stereocenters. The molecule has 8 nitrogen and oxygen atoms in total. The molecular weight excluding hydrogens is 510 g/mol. The summed E-state index contributed by atoms with van der Waals surface area (Å²) in [6.45, 7) is 8.50. The summed E-state index contributed by atoms with van der Waals surface area (Å²) < 4.78 is 7.27. The monoisotopic (exact) mass is 543 g/mol. The summed E-state index contributed by atoms with van der Waals surface area (Å²) in [5.74, 6) is 1.45. The second-order valence-electron chi connectivity index (χ2n) is 9.95. The predicted molar refractivity (Wildman–Crippen MR) is 156 cm³/mol. The number of ether oxygens (including phenoxy) is 1. The summed E-state index contributed by atoms with van der Waals surface area (Å²) >= 11 is 1.28. The molecule has 0 spiro atoms. The Labute approximate surface area is 233 Å². The third-order valence-electron chi connectivity index (χ3n) is 6.16. The highest BCUT2D eigenvalue weighted by molar-refractivity contribution is 7.99. The van der Waals surface area contributed by atoms with Crippen LogP contribution in [0.2, 0.25) is 0 Å². The van der Waals surface area contributed by atoms with E-state index in [-0.39, 0.29) is 22.8 Å². The Morgan fingerprint density at radius 3 is 2.26 bits per heavy atom. The fourth-order valence-corrected chi connectivity index (χ4v) is 4.67. The number of nitrogens with one attached hydrogen (secondary N) is 1. The van der Waals surface area contributed by atoms with Gasteiger partial charge in [-0.3, -0.25) is 9.36 Å². The Bertz CT molecular complexity index is 1440. The Balaban J connectivity index is 1.57. The van der Waals surface area contributed by atoms with Crippen LogP contribution in [0.5, 0.6) is 11.5 Å². The number of rotatable bonds is 9. The van der Waals surface area contributed by atoms with Crippen LogP contribution >= 0.6 is 11.8 Å². The first kappa shape index (κ1) is 27.9. The van der Waals surface area contributed by atoms with Crippen LogP contribution in [0.15, 0.2) is 83.1 Å². The molecule has 0 radical (unpaired) electrons. The molecule has 0 bridgehead atoms. The molecule has 202 valence electrons. The molecule has 0 aliphatic heterocycles. The van der Waals surface area contributed by atoms with E-state index in [1.807, 2.05) is 35.8 Å². The highest BCUT2D eigenvalue weighted by Crippen LogP contribution is 2.30. The van der Waals surface area contributed by atoms with Crippen LogP contribution in [-0.4, -0.2) is 44.4 Å². The third-order valence-corrected chi connectivity index (χ3v) is 7.09. The fraction of sp³-hybridized carbons (Fsp3) is 0.267. The van der Waals surface area contributed by atoms with Gasteiger partial charge in [-0.2, -0.15) is 5.10 Å². The van der Waals surface area contributed by atoms with Crippen molar-refractivity contribution in [2.75, 3.05) is 12.9 Å². The molecule has 1 amide bonds. The number of hydrogen-bond acceptors (Lipinski definition) is 7. The van der Waals surface area contributed by atoms with E-state index in [0.717, 1.165) is 28.3 Å². The average molecular weight is 544 g/mol. The second kappa shape index (κ2) is 12.2. The standard InChI is InChI=1S/C30H33N5O3S/c1-6-26(20-9-15-24(36)16-10-20)31-32-27(37)19-39-29-34-33-28(21-7-11-22(12-8-21)30(2,3)4)35(29)23-13-17-25(38-5)18-14-23/h7-18,36H,6,19H2,1-5H3,(H,32,37). The fourth-order valence-electron chi connectivity index (χ4n) is 3.93. The van der Waals surface area contributed by atoms with Gasteiger partial charge in [0.05, 0.1) is 18.6 Å². The molecule has 3 aromatic carbocycles. The number of nitrogens with zero attached hydrogens (tertiary/aromatic N) is 4. The SMILES string of the molecule is CCC(=NNC(=O)CSc1nnc(-c2ccc(C(C)(C)C)cc2)n1-c1ccc(OC)cc1)c1ccc(O)cc1. The zero-order valence-corrected chi connectivity index (χ0v) is 23.6. The molecule has 0 aliphatic rings. The minimum Gasteiger partial charge on any atom is -0.508 e. The van der Waals surface area contributed by atoms with Gasteiger partial charge < -0.3 is 9.84 Å². The number of hydrazone groups is 1. The largest absolute Gasteiger partial charge is 0.508 e. The van der Waals surface area contributed by atoms with Crippen LogP contribution in [0.3, 0.4) is 0 Å². The highest BCUT2D eigenvalue weighted by Gasteiger charge is 2.19. The lowest BCUT2D eigenvalue weighted by Gasteiger charge is -2.19. The molecule has 1 heterocycles. The summed E-state index contributed by atoms with van der Waals surface area (Å²) in [5, 5.41) is 23.3. The zero-order chi connectivity index (χ0) is 28.0. The normalized spacial score (nSPS) is 11.9. The van der Waals surface area contributed by atoms with E-state index in [4.69, 9.17) is 4.74 Å². The summed E-state index contributed by atoms with van der Waals surface area (Å²) in [7, 11) is 1.63. The Morgan fingerprint density at radius 2 is 1.67 bits per heavy atom. The lowest BCUT2D eigenvalue weighted by atomic mass is 9.87. The van der Waals surface area contributed by atoms with Crippen LogP contribution in [0.1, 0.15) is 45.2 Å². The van der Waals surface area contributed by atoms with Crippen LogP contribution in [0, 0.1) is 0 Å². The van der Waals surface area contributed by atoms with Gasteiger partial charge in [0, 0.05) is 11.3 Å². The van der Waals surface area contributed by atoms with Crippen molar-refractivity contribution in [3.05, 3.63) is 83.9 Å². The number of methoxy groups -OCH3 is 1. The molecule has 0 saturated carbocycles. The number of hydrogen-bond donors (Lipinski definition) is 2. The first-order valence-electron chi connectivity index (χ1n) is 12.7. The van der Waals surface area contributed by atoms with Gasteiger partial charge in [0.1, 0.15) is 11.5 Å².